The second-order valence-corrected chi connectivity index (χ2v) is 5.17. The molecule has 0 fully saturated rings. The van der Waals surface area contributed by atoms with E-state index >= 15 is 0 Å². The third kappa shape index (κ3) is 5.65. The van der Waals surface area contributed by atoms with Gasteiger partial charge in [0, 0.05) is 32.7 Å². The fraction of sp³-hybridized carbons (Fsp3) is 0.643. The Kier molecular flexibility index (Phi) is 7.04. The Morgan fingerprint density at radius 3 is 2.76 bits per heavy atom. The predicted octanol–water partition coefficient (Wildman–Crippen LogP) is 1.29. The van der Waals surface area contributed by atoms with Gasteiger partial charge in [0.15, 0.2) is 5.69 Å². The van der Waals surface area contributed by atoms with Crippen LogP contribution in [0, 0.1) is 0 Å². The number of aromatic nitrogens is 2. The zero-order valence-electron chi connectivity index (χ0n) is 13.1. The van der Waals surface area contributed by atoms with Crippen LogP contribution >= 0.6 is 0 Å². The minimum atomic E-state index is -1.05. The Labute approximate surface area is 125 Å². The van der Waals surface area contributed by atoms with Crippen molar-refractivity contribution in [1.82, 2.24) is 14.9 Å². The molecule has 0 aliphatic carbocycles. The van der Waals surface area contributed by atoms with E-state index < -0.39 is 5.97 Å². The summed E-state index contributed by atoms with van der Waals surface area (Å²) in [6, 6.07) is 0. The summed E-state index contributed by atoms with van der Waals surface area (Å²) >= 11 is 0. The number of nitrogens with zero attached hydrogens (tertiary/aromatic N) is 3. The van der Waals surface area contributed by atoms with Gasteiger partial charge in [-0.2, -0.15) is 0 Å². The third-order valence-electron chi connectivity index (χ3n) is 3.01. The molecule has 7 heteroatoms. The van der Waals surface area contributed by atoms with Gasteiger partial charge in [0.25, 0.3) is 0 Å². The summed E-state index contributed by atoms with van der Waals surface area (Å²) in [6.07, 6.45) is 1.54. The van der Waals surface area contributed by atoms with E-state index in [4.69, 9.17) is 4.74 Å². The second kappa shape index (κ2) is 8.53. The molecule has 0 atom stereocenters. The van der Waals surface area contributed by atoms with Crippen LogP contribution in [0.25, 0.3) is 0 Å². The maximum Gasteiger partial charge on any atom is 0.356 e. The number of rotatable bonds is 9. The number of methoxy groups -OCH3 is 1. The first kappa shape index (κ1) is 17.3. The van der Waals surface area contributed by atoms with E-state index in [1.54, 1.807) is 13.3 Å². The lowest BCUT2D eigenvalue weighted by atomic mass is 10.2. The van der Waals surface area contributed by atoms with E-state index in [-0.39, 0.29) is 11.6 Å². The standard InChI is InChI=1S/C14H24N4O3/c1-10(2)13-16-9-11(12(17-13)14(19)20)15-5-6-18(3)7-8-21-4/h9-10,15H,5-8H2,1-4H3,(H,19,20). The molecule has 21 heavy (non-hydrogen) atoms. The van der Waals surface area contributed by atoms with Crippen LogP contribution in [0.4, 0.5) is 5.69 Å². The lowest BCUT2D eigenvalue weighted by molar-refractivity contribution is 0.0691. The average molecular weight is 296 g/mol. The molecule has 0 spiro atoms. The van der Waals surface area contributed by atoms with Crippen molar-refractivity contribution in [3.05, 3.63) is 17.7 Å². The van der Waals surface area contributed by atoms with Crippen molar-refractivity contribution in [2.24, 2.45) is 0 Å². The summed E-state index contributed by atoms with van der Waals surface area (Å²) in [5, 5.41) is 12.3. The largest absolute Gasteiger partial charge is 0.476 e. The van der Waals surface area contributed by atoms with Crippen molar-refractivity contribution in [1.29, 1.82) is 0 Å². The molecular formula is C14H24N4O3. The molecule has 0 radical (unpaired) electrons. The van der Waals surface area contributed by atoms with Gasteiger partial charge in [-0.3, -0.25) is 0 Å². The van der Waals surface area contributed by atoms with Crippen LogP contribution in [0.15, 0.2) is 6.20 Å². The molecule has 2 N–H and O–H groups in total. The van der Waals surface area contributed by atoms with E-state index in [0.717, 1.165) is 13.1 Å². The first-order valence-electron chi connectivity index (χ1n) is 6.97. The van der Waals surface area contributed by atoms with Crippen LogP contribution in [-0.4, -0.2) is 66.3 Å². The predicted molar refractivity (Wildman–Crippen MR) is 80.9 cm³/mol. The maximum absolute atomic E-state index is 11.3. The van der Waals surface area contributed by atoms with Gasteiger partial charge < -0.3 is 20.1 Å². The van der Waals surface area contributed by atoms with Gasteiger partial charge in [-0.05, 0) is 7.05 Å². The lowest BCUT2D eigenvalue weighted by Crippen LogP contribution is -2.28. The van der Waals surface area contributed by atoms with Crippen molar-refractivity contribution < 1.29 is 14.6 Å². The van der Waals surface area contributed by atoms with E-state index in [9.17, 15) is 9.90 Å². The molecule has 1 rings (SSSR count). The number of anilines is 1. The Balaban J connectivity index is 2.64. The van der Waals surface area contributed by atoms with E-state index in [0.29, 0.717) is 24.7 Å². The average Bonchev–Trinajstić information content (AvgIpc) is 2.44. The Morgan fingerprint density at radius 2 is 2.19 bits per heavy atom. The highest BCUT2D eigenvalue weighted by Crippen LogP contribution is 2.16. The lowest BCUT2D eigenvalue weighted by Gasteiger charge is -2.17. The number of nitrogens with one attached hydrogen (secondary N) is 1. The quantitative estimate of drug-likeness (QED) is 0.710. The molecule has 1 aromatic heterocycles. The van der Waals surface area contributed by atoms with Crippen molar-refractivity contribution >= 4 is 11.7 Å². The summed E-state index contributed by atoms with van der Waals surface area (Å²) in [5.41, 5.74) is 0.472. The fourth-order valence-corrected chi connectivity index (χ4v) is 1.71. The molecule has 0 amide bonds. The summed E-state index contributed by atoms with van der Waals surface area (Å²) < 4.78 is 5.00. The summed E-state index contributed by atoms with van der Waals surface area (Å²) in [7, 11) is 3.65. The van der Waals surface area contributed by atoms with Crippen LogP contribution < -0.4 is 5.32 Å². The highest BCUT2D eigenvalue weighted by atomic mass is 16.5. The Bertz CT molecular complexity index is 466. The number of aromatic carboxylic acids is 1. The SMILES string of the molecule is COCCN(C)CCNc1cnc(C(C)C)nc1C(=O)O. The van der Waals surface area contributed by atoms with E-state index in [1.165, 1.54) is 0 Å². The van der Waals surface area contributed by atoms with Crippen molar-refractivity contribution in [3.63, 3.8) is 0 Å². The number of carboxylic acids is 1. The minimum absolute atomic E-state index is 0.0215. The van der Waals surface area contributed by atoms with Gasteiger partial charge in [-0.15, -0.1) is 0 Å². The number of ether oxygens (including phenoxy) is 1. The molecule has 7 nitrogen and oxygen atoms in total. The monoisotopic (exact) mass is 296 g/mol. The molecule has 0 saturated carbocycles. The van der Waals surface area contributed by atoms with Gasteiger partial charge in [0.05, 0.1) is 18.5 Å². The van der Waals surface area contributed by atoms with Crippen LogP contribution in [0.1, 0.15) is 36.1 Å². The van der Waals surface area contributed by atoms with E-state index in [2.05, 4.69) is 20.2 Å². The van der Waals surface area contributed by atoms with Crippen LogP contribution in [0.2, 0.25) is 0 Å². The summed E-state index contributed by atoms with van der Waals surface area (Å²) in [4.78, 5) is 21.7. The number of hydrogen-bond acceptors (Lipinski definition) is 6. The third-order valence-corrected chi connectivity index (χ3v) is 3.01. The highest BCUT2D eigenvalue weighted by molar-refractivity contribution is 5.91. The molecular weight excluding hydrogens is 272 g/mol. The van der Waals surface area contributed by atoms with Gasteiger partial charge in [0.2, 0.25) is 0 Å². The van der Waals surface area contributed by atoms with Crippen LogP contribution in [-0.2, 0) is 4.74 Å². The van der Waals surface area contributed by atoms with Crippen molar-refractivity contribution in [2.45, 2.75) is 19.8 Å². The molecule has 0 saturated heterocycles. The smallest absolute Gasteiger partial charge is 0.356 e. The van der Waals surface area contributed by atoms with Gasteiger partial charge >= 0.3 is 5.97 Å². The second-order valence-electron chi connectivity index (χ2n) is 5.17. The molecule has 0 aromatic carbocycles. The highest BCUT2D eigenvalue weighted by Gasteiger charge is 2.15. The molecule has 1 heterocycles. The number of carboxylic acid groups (broad SMARTS) is 1. The van der Waals surface area contributed by atoms with Gasteiger partial charge in [-0.1, -0.05) is 13.8 Å². The van der Waals surface area contributed by atoms with E-state index in [1.807, 2.05) is 20.9 Å². The molecule has 1 aromatic rings. The number of likely N-dealkylation sites (N-methyl/N-ethyl adjacent to an activating group) is 1. The molecule has 0 aliphatic rings. The molecule has 0 unspecified atom stereocenters. The summed E-state index contributed by atoms with van der Waals surface area (Å²) in [5.74, 6) is -0.415. The Morgan fingerprint density at radius 1 is 1.48 bits per heavy atom. The maximum atomic E-state index is 11.3. The first-order valence-corrected chi connectivity index (χ1v) is 6.97. The minimum Gasteiger partial charge on any atom is -0.476 e. The molecule has 0 aliphatic heterocycles. The molecule has 0 bridgehead atoms. The summed E-state index contributed by atoms with van der Waals surface area (Å²) in [6.45, 7) is 6.74. The molecule has 118 valence electrons. The van der Waals surface area contributed by atoms with Crippen LogP contribution in [0.3, 0.4) is 0 Å². The number of carbonyl (C=O) groups is 1. The normalized spacial score (nSPS) is 11.1. The van der Waals surface area contributed by atoms with Crippen molar-refractivity contribution in [3.8, 4) is 0 Å². The van der Waals surface area contributed by atoms with Gasteiger partial charge in [0.1, 0.15) is 5.82 Å². The topological polar surface area (TPSA) is 87.6 Å². The Hall–Kier alpha value is -1.73. The van der Waals surface area contributed by atoms with Crippen LogP contribution in [0.5, 0.6) is 0 Å². The van der Waals surface area contributed by atoms with Crippen molar-refractivity contribution in [2.75, 3.05) is 45.7 Å². The zero-order valence-corrected chi connectivity index (χ0v) is 13.1. The zero-order chi connectivity index (χ0) is 15.8. The first-order chi connectivity index (χ1) is 9.95. The fourth-order valence-electron chi connectivity index (χ4n) is 1.71. The number of hydrogen-bond donors (Lipinski definition) is 2. The van der Waals surface area contributed by atoms with Gasteiger partial charge in [-0.25, -0.2) is 14.8 Å².